The molecule has 1 atom stereocenters. The number of rotatable bonds is 2. The highest BCUT2D eigenvalue weighted by atomic mass is 35.5. The molecule has 2 aromatic carbocycles. The van der Waals surface area contributed by atoms with E-state index in [4.69, 9.17) is 21.6 Å². The molecule has 1 heterocycles. The summed E-state index contributed by atoms with van der Waals surface area (Å²) in [6.45, 7) is 0. The Morgan fingerprint density at radius 1 is 1.30 bits per heavy atom. The van der Waals surface area contributed by atoms with Gasteiger partial charge < -0.3 is 10.1 Å². The van der Waals surface area contributed by atoms with Crippen LogP contribution in [0.1, 0.15) is 21.5 Å². The minimum Gasteiger partial charge on any atom is -0.448 e. The van der Waals surface area contributed by atoms with Crippen LogP contribution in [0.15, 0.2) is 42.5 Å². The minimum atomic E-state index is -0.896. The molecule has 0 bridgehead atoms. The van der Waals surface area contributed by atoms with E-state index in [1.807, 2.05) is 12.1 Å². The van der Waals surface area contributed by atoms with E-state index in [0.717, 1.165) is 5.56 Å². The first kappa shape index (κ1) is 15.1. The van der Waals surface area contributed by atoms with Gasteiger partial charge in [0.1, 0.15) is 6.07 Å². The van der Waals surface area contributed by atoms with E-state index in [1.165, 1.54) is 12.1 Å². The molecule has 1 unspecified atom stereocenters. The fourth-order valence-electron chi connectivity index (χ4n) is 2.38. The zero-order chi connectivity index (χ0) is 16.4. The summed E-state index contributed by atoms with van der Waals surface area (Å²) in [5.74, 6) is -0.946. The van der Waals surface area contributed by atoms with Crippen LogP contribution in [0, 0.1) is 11.3 Å². The lowest BCUT2D eigenvalue weighted by Gasteiger charge is -2.23. The van der Waals surface area contributed by atoms with Crippen molar-refractivity contribution < 1.29 is 14.3 Å². The van der Waals surface area contributed by atoms with Gasteiger partial charge in [-0.1, -0.05) is 29.8 Å². The molecule has 0 saturated heterocycles. The molecule has 5 nitrogen and oxygen atoms in total. The number of hydrogen-bond donors (Lipinski definition) is 1. The first-order chi connectivity index (χ1) is 11.1. The summed E-state index contributed by atoms with van der Waals surface area (Å²) in [7, 11) is 0. The second-order valence-electron chi connectivity index (χ2n) is 5.05. The predicted octanol–water partition coefficient (Wildman–Crippen LogP) is 2.93. The number of ether oxygens (including phenoxy) is 1. The molecule has 1 aliphatic heterocycles. The maximum Gasteiger partial charge on any atom is 0.339 e. The van der Waals surface area contributed by atoms with Crippen molar-refractivity contribution in [3.05, 3.63) is 64.2 Å². The Hall–Kier alpha value is -2.84. The zero-order valence-corrected chi connectivity index (χ0v) is 12.6. The second kappa shape index (κ2) is 6.11. The summed E-state index contributed by atoms with van der Waals surface area (Å²) < 4.78 is 5.19. The van der Waals surface area contributed by atoms with E-state index in [9.17, 15) is 9.59 Å². The van der Waals surface area contributed by atoms with Crippen LogP contribution in [0.3, 0.4) is 0 Å². The molecule has 0 saturated carbocycles. The molecule has 0 spiro atoms. The van der Waals surface area contributed by atoms with Crippen molar-refractivity contribution in [2.45, 2.75) is 12.5 Å². The minimum absolute atomic E-state index is 0.247. The van der Waals surface area contributed by atoms with Crippen LogP contribution in [0.4, 0.5) is 5.69 Å². The van der Waals surface area contributed by atoms with Crippen LogP contribution in [0.25, 0.3) is 0 Å². The smallest absolute Gasteiger partial charge is 0.339 e. The Morgan fingerprint density at radius 2 is 2.09 bits per heavy atom. The SMILES string of the molecule is N#Cc1ccc(NC(=O)C2Cc3ccccc3C(=O)O2)cc1Cl. The van der Waals surface area contributed by atoms with E-state index in [-0.39, 0.29) is 5.02 Å². The number of anilines is 1. The van der Waals surface area contributed by atoms with Gasteiger partial charge in [-0.15, -0.1) is 0 Å². The number of halogens is 1. The lowest BCUT2D eigenvalue weighted by atomic mass is 9.98. The number of cyclic esters (lactones) is 1. The Labute approximate surface area is 137 Å². The molecular weight excluding hydrogens is 316 g/mol. The number of carbonyl (C=O) groups is 2. The van der Waals surface area contributed by atoms with Gasteiger partial charge in [-0.3, -0.25) is 4.79 Å². The van der Waals surface area contributed by atoms with Gasteiger partial charge in [0.15, 0.2) is 6.10 Å². The Kier molecular flexibility index (Phi) is 4.00. The highest BCUT2D eigenvalue weighted by molar-refractivity contribution is 6.32. The molecule has 2 aromatic rings. The maximum atomic E-state index is 12.3. The fourth-order valence-corrected chi connectivity index (χ4v) is 2.61. The molecule has 114 valence electrons. The van der Waals surface area contributed by atoms with Gasteiger partial charge in [-0.25, -0.2) is 4.79 Å². The lowest BCUT2D eigenvalue weighted by Crippen LogP contribution is -2.37. The first-order valence-electron chi connectivity index (χ1n) is 6.88. The van der Waals surface area contributed by atoms with Crippen LogP contribution in [-0.2, 0) is 16.0 Å². The van der Waals surface area contributed by atoms with Gasteiger partial charge in [0.2, 0.25) is 0 Å². The average molecular weight is 327 g/mol. The molecule has 1 aliphatic rings. The monoisotopic (exact) mass is 326 g/mol. The van der Waals surface area contributed by atoms with E-state index >= 15 is 0 Å². The van der Waals surface area contributed by atoms with E-state index < -0.39 is 18.0 Å². The van der Waals surface area contributed by atoms with Gasteiger partial charge in [0.05, 0.1) is 16.1 Å². The fraction of sp³-hybridized carbons (Fsp3) is 0.118. The van der Waals surface area contributed by atoms with Crippen LogP contribution in [-0.4, -0.2) is 18.0 Å². The third-order valence-corrected chi connectivity index (χ3v) is 3.85. The summed E-state index contributed by atoms with van der Waals surface area (Å²) in [6.07, 6.45) is -0.579. The topological polar surface area (TPSA) is 79.2 Å². The predicted molar refractivity (Wildman–Crippen MR) is 84.1 cm³/mol. The molecule has 0 fully saturated rings. The molecule has 1 amide bonds. The second-order valence-corrected chi connectivity index (χ2v) is 5.46. The van der Waals surface area contributed by atoms with Crippen molar-refractivity contribution in [1.82, 2.24) is 0 Å². The largest absolute Gasteiger partial charge is 0.448 e. The van der Waals surface area contributed by atoms with Crippen LogP contribution < -0.4 is 5.32 Å². The zero-order valence-electron chi connectivity index (χ0n) is 11.9. The Morgan fingerprint density at radius 3 is 2.83 bits per heavy atom. The van der Waals surface area contributed by atoms with Gasteiger partial charge in [-0.05, 0) is 29.8 Å². The van der Waals surface area contributed by atoms with Crippen LogP contribution >= 0.6 is 11.6 Å². The van der Waals surface area contributed by atoms with Crippen molar-refractivity contribution >= 4 is 29.2 Å². The number of nitriles is 1. The molecule has 3 rings (SSSR count). The first-order valence-corrected chi connectivity index (χ1v) is 7.25. The molecule has 23 heavy (non-hydrogen) atoms. The number of nitrogens with zero attached hydrogens (tertiary/aromatic N) is 1. The summed E-state index contributed by atoms with van der Waals surface area (Å²) in [5, 5.41) is 11.7. The molecule has 0 aromatic heterocycles. The number of amides is 1. The van der Waals surface area contributed by atoms with Crippen LogP contribution in [0.2, 0.25) is 5.02 Å². The standard InChI is InChI=1S/C17H11ClN2O3/c18-14-8-12(6-5-11(14)9-19)20-16(21)15-7-10-3-1-2-4-13(10)17(22)23-15/h1-6,8,15H,7H2,(H,20,21). The van der Waals surface area contributed by atoms with Gasteiger partial charge in [0, 0.05) is 12.1 Å². The third kappa shape index (κ3) is 3.03. The van der Waals surface area contributed by atoms with E-state index in [1.54, 1.807) is 24.3 Å². The number of hydrogen-bond acceptors (Lipinski definition) is 4. The summed E-state index contributed by atoms with van der Waals surface area (Å²) in [6, 6.07) is 13.5. The van der Waals surface area contributed by atoms with E-state index in [0.29, 0.717) is 23.2 Å². The van der Waals surface area contributed by atoms with Crippen molar-refractivity contribution in [2.24, 2.45) is 0 Å². The Bertz CT molecular complexity index is 842. The summed E-state index contributed by atoms with van der Waals surface area (Å²) in [4.78, 5) is 24.2. The molecular formula is C17H11ClN2O3. The van der Waals surface area contributed by atoms with Gasteiger partial charge >= 0.3 is 5.97 Å². The number of carbonyl (C=O) groups excluding carboxylic acids is 2. The summed E-state index contributed by atoms with van der Waals surface area (Å²) in [5.41, 5.74) is 2.02. The van der Waals surface area contributed by atoms with Crippen molar-refractivity contribution in [2.75, 3.05) is 5.32 Å². The van der Waals surface area contributed by atoms with Crippen molar-refractivity contribution in [3.63, 3.8) is 0 Å². The highest BCUT2D eigenvalue weighted by Crippen LogP contribution is 2.23. The number of benzene rings is 2. The molecule has 1 N–H and O–H groups in total. The maximum absolute atomic E-state index is 12.3. The van der Waals surface area contributed by atoms with Crippen LogP contribution in [0.5, 0.6) is 0 Å². The van der Waals surface area contributed by atoms with E-state index in [2.05, 4.69) is 5.32 Å². The Balaban J connectivity index is 1.76. The lowest BCUT2D eigenvalue weighted by molar-refractivity contribution is -0.125. The van der Waals surface area contributed by atoms with Crippen molar-refractivity contribution in [3.8, 4) is 6.07 Å². The quantitative estimate of drug-likeness (QED) is 0.860. The molecule has 0 radical (unpaired) electrons. The highest BCUT2D eigenvalue weighted by Gasteiger charge is 2.31. The number of fused-ring (bicyclic) bond motifs is 1. The number of esters is 1. The van der Waals surface area contributed by atoms with Gasteiger partial charge in [-0.2, -0.15) is 5.26 Å². The third-order valence-electron chi connectivity index (χ3n) is 3.54. The van der Waals surface area contributed by atoms with Crippen molar-refractivity contribution in [1.29, 1.82) is 5.26 Å². The summed E-state index contributed by atoms with van der Waals surface area (Å²) >= 11 is 5.93. The van der Waals surface area contributed by atoms with Gasteiger partial charge in [0.25, 0.3) is 5.91 Å². The molecule has 0 aliphatic carbocycles. The molecule has 6 heteroatoms. The average Bonchev–Trinajstić information content (AvgIpc) is 2.55. The normalized spacial score (nSPS) is 16.0. The number of nitrogens with one attached hydrogen (secondary N) is 1.